The van der Waals surface area contributed by atoms with Crippen LogP contribution in [0.4, 0.5) is 17.6 Å². The molecular formula is C15H12ClF4N3O. The van der Waals surface area contributed by atoms with Crippen molar-refractivity contribution in [2.24, 2.45) is 0 Å². The van der Waals surface area contributed by atoms with Gasteiger partial charge in [0.1, 0.15) is 5.82 Å². The smallest absolute Gasteiger partial charge is 0.334 e. The normalized spacial score (nSPS) is 14.9. The molecule has 1 amide bonds. The van der Waals surface area contributed by atoms with Crippen LogP contribution in [0.2, 0.25) is 5.02 Å². The van der Waals surface area contributed by atoms with Gasteiger partial charge in [-0.1, -0.05) is 11.6 Å². The van der Waals surface area contributed by atoms with Crippen LogP contribution in [0.3, 0.4) is 0 Å². The average molecular weight is 362 g/mol. The van der Waals surface area contributed by atoms with E-state index in [1.807, 2.05) is 0 Å². The molecule has 0 aliphatic carbocycles. The van der Waals surface area contributed by atoms with Crippen LogP contribution >= 0.6 is 11.6 Å². The van der Waals surface area contributed by atoms with Gasteiger partial charge in [-0.2, -0.15) is 13.2 Å². The summed E-state index contributed by atoms with van der Waals surface area (Å²) in [6.45, 7) is -0.0589. The molecule has 0 unspecified atom stereocenters. The fourth-order valence-corrected chi connectivity index (χ4v) is 2.78. The van der Waals surface area contributed by atoms with Crippen molar-refractivity contribution >= 4 is 17.5 Å². The minimum Gasteiger partial charge on any atom is -0.334 e. The molecule has 0 saturated heterocycles. The van der Waals surface area contributed by atoms with Crippen LogP contribution in [0, 0.1) is 5.82 Å². The quantitative estimate of drug-likeness (QED) is 0.781. The molecule has 0 radical (unpaired) electrons. The predicted octanol–water partition coefficient (Wildman–Crippen LogP) is 3.75. The summed E-state index contributed by atoms with van der Waals surface area (Å²) >= 11 is 5.72. The largest absolute Gasteiger partial charge is 0.390 e. The Labute approximate surface area is 139 Å². The van der Waals surface area contributed by atoms with E-state index >= 15 is 0 Å². The number of alkyl halides is 3. The number of nitrogens with zero attached hydrogens (tertiary/aromatic N) is 3. The van der Waals surface area contributed by atoms with E-state index in [0.717, 1.165) is 11.0 Å². The summed E-state index contributed by atoms with van der Waals surface area (Å²) in [7, 11) is 0. The third kappa shape index (κ3) is 3.24. The summed E-state index contributed by atoms with van der Waals surface area (Å²) in [6.07, 6.45) is -4.06. The minimum atomic E-state index is -4.33. The molecule has 2 aromatic rings. The van der Waals surface area contributed by atoms with Crippen LogP contribution in [-0.2, 0) is 6.54 Å². The first-order chi connectivity index (χ1) is 11.3. The molecule has 0 spiro atoms. The average Bonchev–Trinajstić information content (AvgIpc) is 2.90. The van der Waals surface area contributed by atoms with E-state index in [0.29, 0.717) is 5.69 Å². The van der Waals surface area contributed by atoms with Crippen LogP contribution in [0.1, 0.15) is 17.0 Å². The van der Waals surface area contributed by atoms with E-state index in [-0.39, 0.29) is 29.5 Å². The van der Waals surface area contributed by atoms with Crippen LogP contribution in [0.25, 0.3) is 11.3 Å². The lowest BCUT2D eigenvalue weighted by atomic mass is 10.1. The van der Waals surface area contributed by atoms with Gasteiger partial charge in [0.25, 0.3) is 5.91 Å². The number of halogens is 5. The molecule has 1 aliphatic heterocycles. The second-order valence-electron chi connectivity index (χ2n) is 5.40. The Kier molecular flexibility index (Phi) is 4.25. The zero-order chi connectivity index (χ0) is 17.5. The Balaban J connectivity index is 1.87. The van der Waals surface area contributed by atoms with Crippen LogP contribution in [0.15, 0.2) is 24.4 Å². The van der Waals surface area contributed by atoms with Gasteiger partial charge in [0, 0.05) is 30.2 Å². The first-order valence-electron chi connectivity index (χ1n) is 7.13. The van der Waals surface area contributed by atoms with Gasteiger partial charge in [0.05, 0.1) is 18.3 Å². The van der Waals surface area contributed by atoms with Crippen molar-refractivity contribution in [3.05, 3.63) is 41.1 Å². The predicted molar refractivity (Wildman–Crippen MR) is 79.2 cm³/mol. The van der Waals surface area contributed by atoms with Gasteiger partial charge in [-0.15, -0.1) is 0 Å². The van der Waals surface area contributed by atoms with Gasteiger partial charge in [0.2, 0.25) is 0 Å². The number of amides is 1. The molecule has 0 atom stereocenters. The molecule has 3 rings (SSSR count). The monoisotopic (exact) mass is 361 g/mol. The van der Waals surface area contributed by atoms with Crippen LogP contribution in [0.5, 0.6) is 0 Å². The maximum Gasteiger partial charge on any atom is 0.390 e. The van der Waals surface area contributed by atoms with Gasteiger partial charge >= 0.3 is 6.18 Å². The maximum atomic E-state index is 14.1. The zero-order valence-corrected chi connectivity index (χ0v) is 13.0. The highest BCUT2D eigenvalue weighted by Gasteiger charge is 2.33. The molecular weight excluding hydrogens is 350 g/mol. The fraction of sp³-hybridized carbons (Fsp3) is 0.333. The number of carbonyl (C=O) groups is 1. The van der Waals surface area contributed by atoms with Crippen molar-refractivity contribution in [2.75, 3.05) is 13.1 Å². The van der Waals surface area contributed by atoms with E-state index in [2.05, 4.69) is 4.98 Å². The van der Waals surface area contributed by atoms with Gasteiger partial charge < -0.3 is 9.47 Å². The van der Waals surface area contributed by atoms with Gasteiger partial charge in [-0.3, -0.25) is 4.79 Å². The van der Waals surface area contributed by atoms with E-state index in [4.69, 9.17) is 11.6 Å². The van der Waals surface area contributed by atoms with Crippen LogP contribution < -0.4 is 0 Å². The van der Waals surface area contributed by atoms with Crippen LogP contribution in [-0.4, -0.2) is 39.6 Å². The second-order valence-corrected chi connectivity index (χ2v) is 5.84. The first kappa shape index (κ1) is 16.8. The molecule has 1 aliphatic rings. The summed E-state index contributed by atoms with van der Waals surface area (Å²) in [4.78, 5) is 17.3. The van der Waals surface area contributed by atoms with Crippen molar-refractivity contribution in [3.63, 3.8) is 0 Å². The van der Waals surface area contributed by atoms with Gasteiger partial charge in [0.15, 0.2) is 5.82 Å². The molecule has 0 bridgehead atoms. The highest BCUT2D eigenvalue weighted by Crippen LogP contribution is 2.28. The molecule has 0 saturated carbocycles. The van der Waals surface area contributed by atoms with E-state index in [1.165, 1.54) is 22.9 Å². The summed E-state index contributed by atoms with van der Waals surface area (Å²) < 4.78 is 52.6. The summed E-state index contributed by atoms with van der Waals surface area (Å²) in [6, 6.07) is 4.14. The fourth-order valence-electron chi connectivity index (χ4n) is 2.62. The molecule has 2 heterocycles. The molecule has 1 aromatic carbocycles. The Bertz CT molecular complexity index is 788. The van der Waals surface area contributed by atoms with Crippen molar-refractivity contribution in [2.45, 2.75) is 19.1 Å². The highest BCUT2D eigenvalue weighted by molar-refractivity contribution is 6.30. The van der Waals surface area contributed by atoms with Crippen molar-refractivity contribution in [3.8, 4) is 11.3 Å². The second kappa shape index (κ2) is 6.08. The SMILES string of the molecule is O=C1c2ncc(-c3ccc(Cl)cc3F)n2CCN1CCC(F)(F)F. The number of benzene rings is 1. The standard InChI is InChI=1S/C15H12ClF4N3O/c16-9-1-2-10(11(17)7-9)12-8-21-13-14(24)22(5-6-23(12)13)4-3-15(18,19)20/h1-2,7-8H,3-6H2. The molecule has 1 aromatic heterocycles. The summed E-state index contributed by atoms with van der Waals surface area (Å²) in [5.74, 6) is -1.14. The van der Waals surface area contributed by atoms with Gasteiger partial charge in [-0.05, 0) is 18.2 Å². The Morgan fingerprint density at radius 1 is 1.25 bits per heavy atom. The lowest BCUT2D eigenvalue weighted by molar-refractivity contribution is -0.136. The van der Waals surface area contributed by atoms with E-state index in [9.17, 15) is 22.4 Å². The number of fused-ring (bicyclic) bond motifs is 1. The Morgan fingerprint density at radius 2 is 2.00 bits per heavy atom. The third-order valence-electron chi connectivity index (χ3n) is 3.80. The highest BCUT2D eigenvalue weighted by atomic mass is 35.5. The molecule has 0 N–H and O–H groups in total. The molecule has 24 heavy (non-hydrogen) atoms. The number of carbonyl (C=O) groups excluding carboxylic acids is 1. The number of imidazole rings is 1. The maximum absolute atomic E-state index is 14.1. The molecule has 0 fully saturated rings. The number of aromatic nitrogens is 2. The molecule has 4 nitrogen and oxygen atoms in total. The topological polar surface area (TPSA) is 38.1 Å². The third-order valence-corrected chi connectivity index (χ3v) is 4.03. The number of rotatable bonds is 3. The Hall–Kier alpha value is -2.09. The lowest BCUT2D eigenvalue weighted by Crippen LogP contribution is -2.42. The van der Waals surface area contributed by atoms with E-state index in [1.54, 1.807) is 0 Å². The van der Waals surface area contributed by atoms with Crippen molar-refractivity contribution in [1.82, 2.24) is 14.5 Å². The zero-order valence-electron chi connectivity index (χ0n) is 12.3. The lowest BCUT2D eigenvalue weighted by Gasteiger charge is -2.28. The van der Waals surface area contributed by atoms with Crippen molar-refractivity contribution < 1.29 is 22.4 Å². The molecule has 9 heteroatoms. The molecule has 128 valence electrons. The summed E-state index contributed by atoms with van der Waals surface area (Å²) in [5, 5.41) is 0.240. The summed E-state index contributed by atoms with van der Waals surface area (Å²) in [5.41, 5.74) is 0.623. The first-order valence-corrected chi connectivity index (χ1v) is 7.51. The Morgan fingerprint density at radius 3 is 2.67 bits per heavy atom. The number of hydrogen-bond donors (Lipinski definition) is 0. The minimum absolute atomic E-state index is 0.00720. The van der Waals surface area contributed by atoms with Gasteiger partial charge in [-0.25, -0.2) is 9.37 Å². The number of hydrogen-bond acceptors (Lipinski definition) is 2. The van der Waals surface area contributed by atoms with E-state index < -0.39 is 30.9 Å². The van der Waals surface area contributed by atoms with Crippen molar-refractivity contribution in [1.29, 1.82) is 0 Å².